The molecule has 2 amide bonds. The van der Waals surface area contributed by atoms with Crippen molar-refractivity contribution < 1.29 is 14.7 Å². The molecule has 0 spiro atoms. The molecular weight excluding hydrogens is 256 g/mol. The maximum atomic E-state index is 12.3. The van der Waals surface area contributed by atoms with Gasteiger partial charge in [-0.05, 0) is 12.5 Å². The molecule has 1 aromatic carbocycles. The van der Waals surface area contributed by atoms with Gasteiger partial charge in [-0.3, -0.25) is 9.59 Å². The number of carbonyl (C=O) groups is 2. The van der Waals surface area contributed by atoms with Gasteiger partial charge in [0.2, 0.25) is 11.8 Å². The van der Waals surface area contributed by atoms with Crippen molar-refractivity contribution in [3.63, 3.8) is 0 Å². The Morgan fingerprint density at radius 3 is 2.90 bits per heavy atom. The predicted octanol–water partition coefficient (Wildman–Crippen LogP) is 0.768. The molecule has 2 fully saturated rings. The van der Waals surface area contributed by atoms with Crippen molar-refractivity contribution in [3.8, 4) is 5.75 Å². The fourth-order valence-electron chi connectivity index (χ4n) is 3.03. The van der Waals surface area contributed by atoms with E-state index in [9.17, 15) is 14.7 Å². The quantitative estimate of drug-likeness (QED) is 0.866. The summed E-state index contributed by atoms with van der Waals surface area (Å²) in [6.07, 6.45) is 1.67. The first-order valence-corrected chi connectivity index (χ1v) is 6.99. The van der Waals surface area contributed by atoms with E-state index >= 15 is 0 Å². The smallest absolute Gasteiger partial charge is 0.227 e. The molecule has 0 bridgehead atoms. The largest absolute Gasteiger partial charge is 0.508 e. The minimum Gasteiger partial charge on any atom is -0.508 e. The van der Waals surface area contributed by atoms with Crippen molar-refractivity contribution in [2.45, 2.75) is 25.3 Å². The summed E-state index contributed by atoms with van der Waals surface area (Å²) in [4.78, 5) is 27.6. The summed E-state index contributed by atoms with van der Waals surface area (Å²) in [6, 6.07) is 7.10. The van der Waals surface area contributed by atoms with E-state index in [0.29, 0.717) is 31.6 Å². The van der Waals surface area contributed by atoms with Crippen LogP contribution in [0.2, 0.25) is 0 Å². The third kappa shape index (κ3) is 2.35. The van der Waals surface area contributed by atoms with Crippen LogP contribution in [0.25, 0.3) is 0 Å². The van der Waals surface area contributed by atoms with Crippen LogP contribution in [0.3, 0.4) is 0 Å². The Labute approximate surface area is 117 Å². The van der Waals surface area contributed by atoms with Gasteiger partial charge in [-0.2, -0.15) is 0 Å². The van der Waals surface area contributed by atoms with E-state index in [1.165, 1.54) is 0 Å². The predicted molar refractivity (Wildman–Crippen MR) is 73.1 cm³/mol. The molecule has 0 saturated carbocycles. The van der Waals surface area contributed by atoms with Gasteiger partial charge in [-0.25, -0.2) is 0 Å². The number of rotatable bonds is 2. The molecular formula is C15H18N2O3. The zero-order valence-electron chi connectivity index (χ0n) is 11.3. The van der Waals surface area contributed by atoms with Gasteiger partial charge in [0.15, 0.2) is 0 Å². The highest BCUT2D eigenvalue weighted by Gasteiger charge is 2.36. The summed E-state index contributed by atoms with van der Waals surface area (Å²) in [6.45, 7) is 1.85. The third-order valence-corrected chi connectivity index (χ3v) is 4.18. The Morgan fingerprint density at radius 2 is 2.10 bits per heavy atom. The summed E-state index contributed by atoms with van der Waals surface area (Å²) in [5.74, 6) is 0.392. The first-order chi connectivity index (χ1) is 9.65. The first kappa shape index (κ1) is 13.0. The Morgan fingerprint density at radius 1 is 1.30 bits per heavy atom. The number of benzene rings is 1. The molecule has 1 atom stereocenters. The average molecular weight is 274 g/mol. The molecule has 3 rings (SSSR count). The number of amides is 2. The maximum absolute atomic E-state index is 12.3. The number of hydrogen-bond donors (Lipinski definition) is 1. The Hall–Kier alpha value is -2.04. The maximum Gasteiger partial charge on any atom is 0.227 e. The minimum absolute atomic E-state index is 0.0190. The fraction of sp³-hybridized carbons (Fsp3) is 0.467. The lowest BCUT2D eigenvalue weighted by Crippen LogP contribution is -2.53. The highest BCUT2D eigenvalue weighted by Crippen LogP contribution is 2.24. The van der Waals surface area contributed by atoms with E-state index < -0.39 is 0 Å². The van der Waals surface area contributed by atoms with Crippen LogP contribution in [0.1, 0.15) is 18.4 Å². The fourth-order valence-corrected chi connectivity index (χ4v) is 3.03. The summed E-state index contributed by atoms with van der Waals surface area (Å²) < 4.78 is 0. The number of piperazine rings is 1. The van der Waals surface area contributed by atoms with Gasteiger partial charge in [0.25, 0.3) is 0 Å². The number of phenols is 1. The summed E-state index contributed by atoms with van der Waals surface area (Å²) >= 11 is 0. The molecule has 1 N–H and O–H groups in total. The standard InChI is InChI=1S/C15H18N2O3/c18-13-4-2-1-3-11(13)9-15(20)16-7-8-17-12(10-16)5-6-14(17)19/h1-4,12,18H,5-10H2/t12-/m0/s1. The van der Waals surface area contributed by atoms with Crippen LogP contribution in [0, 0.1) is 0 Å². The topological polar surface area (TPSA) is 60.9 Å². The molecule has 2 aliphatic rings. The Kier molecular flexibility index (Phi) is 3.34. The van der Waals surface area contributed by atoms with Gasteiger partial charge in [-0.15, -0.1) is 0 Å². The highest BCUT2D eigenvalue weighted by molar-refractivity contribution is 5.82. The number of para-hydroxylation sites is 1. The molecule has 0 aliphatic carbocycles. The van der Waals surface area contributed by atoms with Gasteiger partial charge in [0, 0.05) is 37.7 Å². The van der Waals surface area contributed by atoms with Crippen molar-refractivity contribution in [3.05, 3.63) is 29.8 Å². The molecule has 1 aromatic rings. The molecule has 0 unspecified atom stereocenters. The Bertz CT molecular complexity index is 544. The van der Waals surface area contributed by atoms with Crippen LogP contribution in [-0.2, 0) is 16.0 Å². The van der Waals surface area contributed by atoms with Gasteiger partial charge in [-0.1, -0.05) is 18.2 Å². The molecule has 2 heterocycles. The molecule has 2 saturated heterocycles. The third-order valence-electron chi connectivity index (χ3n) is 4.18. The van der Waals surface area contributed by atoms with E-state index in [-0.39, 0.29) is 30.0 Å². The van der Waals surface area contributed by atoms with Crippen molar-refractivity contribution in [1.82, 2.24) is 9.80 Å². The van der Waals surface area contributed by atoms with E-state index in [1.54, 1.807) is 18.2 Å². The lowest BCUT2D eigenvalue weighted by Gasteiger charge is -2.37. The summed E-state index contributed by atoms with van der Waals surface area (Å²) in [7, 11) is 0. The zero-order chi connectivity index (χ0) is 14.1. The SMILES string of the molecule is O=C(Cc1ccccc1O)N1CCN2C(=O)CC[C@H]2C1. The van der Waals surface area contributed by atoms with Crippen molar-refractivity contribution in [2.24, 2.45) is 0 Å². The second-order valence-electron chi connectivity index (χ2n) is 5.42. The number of carbonyl (C=O) groups excluding carboxylic acids is 2. The summed E-state index contributed by atoms with van der Waals surface area (Å²) in [5.41, 5.74) is 0.655. The van der Waals surface area contributed by atoms with Crippen LogP contribution < -0.4 is 0 Å². The van der Waals surface area contributed by atoms with Gasteiger partial charge < -0.3 is 14.9 Å². The van der Waals surface area contributed by atoms with Crippen LogP contribution >= 0.6 is 0 Å². The molecule has 20 heavy (non-hydrogen) atoms. The van der Waals surface area contributed by atoms with E-state index in [0.717, 1.165) is 6.42 Å². The number of nitrogens with zero attached hydrogens (tertiary/aromatic N) is 2. The van der Waals surface area contributed by atoms with Gasteiger partial charge in [0.05, 0.1) is 6.42 Å². The lowest BCUT2D eigenvalue weighted by atomic mass is 10.1. The number of fused-ring (bicyclic) bond motifs is 1. The molecule has 106 valence electrons. The van der Waals surface area contributed by atoms with Gasteiger partial charge in [0.1, 0.15) is 5.75 Å². The Balaban J connectivity index is 1.64. The molecule has 2 aliphatic heterocycles. The molecule has 5 heteroatoms. The highest BCUT2D eigenvalue weighted by atomic mass is 16.3. The first-order valence-electron chi connectivity index (χ1n) is 6.99. The number of hydrogen-bond acceptors (Lipinski definition) is 3. The van der Waals surface area contributed by atoms with Crippen molar-refractivity contribution in [1.29, 1.82) is 0 Å². The number of phenolic OH excluding ortho intramolecular Hbond substituents is 1. The second-order valence-corrected chi connectivity index (χ2v) is 5.42. The molecule has 5 nitrogen and oxygen atoms in total. The van der Waals surface area contributed by atoms with Crippen LogP contribution in [-0.4, -0.2) is 52.4 Å². The van der Waals surface area contributed by atoms with Crippen LogP contribution in [0.5, 0.6) is 5.75 Å². The average Bonchev–Trinajstić information content (AvgIpc) is 2.82. The van der Waals surface area contributed by atoms with Crippen LogP contribution in [0.15, 0.2) is 24.3 Å². The minimum atomic E-state index is 0.0190. The second kappa shape index (κ2) is 5.15. The summed E-state index contributed by atoms with van der Waals surface area (Å²) in [5, 5.41) is 9.72. The van der Waals surface area contributed by atoms with E-state index in [4.69, 9.17) is 0 Å². The van der Waals surface area contributed by atoms with Crippen LogP contribution in [0.4, 0.5) is 0 Å². The molecule has 0 aromatic heterocycles. The zero-order valence-corrected chi connectivity index (χ0v) is 11.3. The normalized spacial score (nSPS) is 22.0. The monoisotopic (exact) mass is 274 g/mol. The number of aromatic hydroxyl groups is 1. The van der Waals surface area contributed by atoms with E-state index in [2.05, 4.69) is 0 Å². The van der Waals surface area contributed by atoms with Crippen molar-refractivity contribution >= 4 is 11.8 Å². The molecule has 0 radical (unpaired) electrons. The van der Waals surface area contributed by atoms with Gasteiger partial charge >= 0.3 is 0 Å². The van der Waals surface area contributed by atoms with E-state index in [1.807, 2.05) is 15.9 Å². The lowest BCUT2D eigenvalue weighted by molar-refractivity contribution is -0.138. The van der Waals surface area contributed by atoms with Crippen molar-refractivity contribution in [2.75, 3.05) is 19.6 Å².